The summed E-state index contributed by atoms with van der Waals surface area (Å²) in [6.45, 7) is 4.32. The minimum absolute atomic E-state index is 0. The normalized spacial score (nSPS) is 10.0. The summed E-state index contributed by atoms with van der Waals surface area (Å²) in [6, 6.07) is 51.2. The first kappa shape index (κ1) is 31.4. The fourth-order valence-corrected chi connectivity index (χ4v) is 5.77. The number of aryl methyl sites for hydroxylation is 2. The second-order valence-corrected chi connectivity index (χ2v) is 10.7. The van der Waals surface area contributed by atoms with E-state index in [4.69, 9.17) is 0 Å². The topological polar surface area (TPSA) is 0 Å². The Labute approximate surface area is 264 Å². The first-order valence-corrected chi connectivity index (χ1v) is 14.2. The summed E-state index contributed by atoms with van der Waals surface area (Å²) < 4.78 is 1.42. The molecule has 0 saturated carbocycles. The molecule has 7 aromatic rings. The molecule has 0 fully saturated rings. The predicted octanol–water partition coefficient (Wildman–Crippen LogP) is 10.5. The van der Waals surface area contributed by atoms with E-state index in [9.17, 15) is 0 Å². The van der Waals surface area contributed by atoms with Crippen LogP contribution in [0.2, 0.25) is 0 Å². The van der Waals surface area contributed by atoms with Crippen LogP contribution in [0.5, 0.6) is 0 Å². The smallest absolute Gasteiger partial charge is 0.0771 e. The van der Waals surface area contributed by atoms with Crippen LogP contribution in [0, 0.1) is 13.8 Å². The van der Waals surface area contributed by atoms with Gasteiger partial charge in [0, 0.05) is 0 Å². The van der Waals surface area contributed by atoms with Gasteiger partial charge in [0.1, 0.15) is 0 Å². The predicted molar refractivity (Wildman–Crippen MR) is 177 cm³/mol. The zero-order valence-corrected chi connectivity index (χ0v) is 26.8. The van der Waals surface area contributed by atoms with Crippen molar-refractivity contribution in [1.29, 1.82) is 0 Å². The molecule has 0 unspecified atom stereocenters. The Morgan fingerprint density at radius 2 is 0.950 bits per heavy atom. The van der Waals surface area contributed by atoms with E-state index in [1.54, 1.807) is 0 Å². The van der Waals surface area contributed by atoms with Gasteiger partial charge < -0.3 is 0 Å². The third-order valence-corrected chi connectivity index (χ3v) is 8.28. The molecule has 0 N–H and O–H groups in total. The van der Waals surface area contributed by atoms with Gasteiger partial charge in [0.15, 0.2) is 0 Å². The van der Waals surface area contributed by atoms with Crippen molar-refractivity contribution >= 4 is 60.3 Å². The summed E-state index contributed by atoms with van der Waals surface area (Å²) in [5.41, 5.74) is 5.43. The SMILES string of the molecule is Cc1cccc2[cH-]cc(C)c12.Cl.Cl.[Zr+2]=[C](c1ccccc1)c1ccccc1.c1ccc2c(c1)[cH-]c1ccccc12. The van der Waals surface area contributed by atoms with Crippen molar-refractivity contribution < 1.29 is 24.2 Å². The average molecular weight is 639 g/mol. The van der Waals surface area contributed by atoms with E-state index in [1.165, 1.54) is 82.0 Å². The van der Waals surface area contributed by atoms with Gasteiger partial charge in [-0.3, -0.25) is 0 Å². The molecule has 7 rings (SSSR count). The van der Waals surface area contributed by atoms with Crippen molar-refractivity contribution in [2.75, 3.05) is 0 Å². The molecule has 7 aromatic carbocycles. The Morgan fingerprint density at radius 1 is 0.500 bits per heavy atom. The van der Waals surface area contributed by atoms with Crippen molar-refractivity contribution in [1.82, 2.24) is 0 Å². The number of fused-ring (bicyclic) bond motifs is 4. The van der Waals surface area contributed by atoms with Crippen molar-refractivity contribution in [2.24, 2.45) is 0 Å². The van der Waals surface area contributed by atoms with Crippen LogP contribution in [0.4, 0.5) is 0 Å². The quantitative estimate of drug-likeness (QED) is 0.165. The van der Waals surface area contributed by atoms with Crippen LogP contribution in [0.1, 0.15) is 22.3 Å². The molecule has 0 amide bonds. The Kier molecular flexibility index (Phi) is 11.8. The van der Waals surface area contributed by atoms with Crippen molar-refractivity contribution in [2.45, 2.75) is 13.8 Å². The van der Waals surface area contributed by atoms with E-state index in [0.717, 1.165) is 0 Å². The first-order chi connectivity index (χ1) is 18.6. The van der Waals surface area contributed by atoms with E-state index in [-0.39, 0.29) is 24.8 Å². The zero-order valence-electron chi connectivity index (χ0n) is 22.7. The standard InChI is InChI=1S/C13H9.C13H10.C11H11.2ClH.Zr/c1-3-7-12-10(5-1)9-11-6-2-4-8-13(11)12;1-3-7-12(8-4-1)11-13-9-5-2-6-10-13;1-8-4-3-5-10-7-6-9(2)11(8)10;;;/h1-9H;1-10H;3-7H,1-2H3;2*1H;/q-1;;-1;;;+2. The fraction of sp³-hybridized carbons (Fsp3) is 0.0541. The fourth-order valence-electron chi connectivity index (χ4n) is 4.95. The van der Waals surface area contributed by atoms with Crippen LogP contribution in [0.25, 0.3) is 32.3 Å². The molecule has 0 aliphatic rings. The molecule has 0 aliphatic heterocycles. The Hall–Kier alpha value is -3.09. The number of hydrogen-bond acceptors (Lipinski definition) is 0. The van der Waals surface area contributed by atoms with Gasteiger partial charge in [0.25, 0.3) is 0 Å². The van der Waals surface area contributed by atoms with E-state index >= 15 is 0 Å². The second-order valence-electron chi connectivity index (χ2n) is 9.48. The molecule has 0 aliphatic carbocycles. The van der Waals surface area contributed by atoms with Crippen LogP contribution in [0.15, 0.2) is 146 Å². The maximum Gasteiger partial charge on any atom is -0.0771 e. The van der Waals surface area contributed by atoms with Gasteiger partial charge in [-0.15, -0.1) is 93.5 Å². The van der Waals surface area contributed by atoms with Crippen molar-refractivity contribution in [3.05, 3.63) is 168 Å². The molecule has 40 heavy (non-hydrogen) atoms. The Morgan fingerprint density at radius 3 is 1.45 bits per heavy atom. The Bertz CT molecular complexity index is 1700. The number of benzene rings is 5. The summed E-state index contributed by atoms with van der Waals surface area (Å²) in [5, 5.41) is 8.18. The van der Waals surface area contributed by atoms with E-state index in [2.05, 4.69) is 159 Å². The number of rotatable bonds is 2. The van der Waals surface area contributed by atoms with Gasteiger partial charge in [-0.05, 0) is 6.92 Å². The second kappa shape index (κ2) is 15.1. The zero-order chi connectivity index (χ0) is 26.3. The molecule has 198 valence electrons. The van der Waals surface area contributed by atoms with Gasteiger partial charge in [-0.2, -0.15) is 11.6 Å². The van der Waals surface area contributed by atoms with Gasteiger partial charge >= 0.3 is 99.2 Å². The van der Waals surface area contributed by atoms with Crippen molar-refractivity contribution in [3.63, 3.8) is 0 Å². The summed E-state index contributed by atoms with van der Waals surface area (Å²) in [5.74, 6) is 0. The summed E-state index contributed by atoms with van der Waals surface area (Å²) in [7, 11) is 0. The van der Waals surface area contributed by atoms with E-state index in [0.29, 0.717) is 0 Å². The van der Waals surface area contributed by atoms with Crippen LogP contribution in [-0.4, -0.2) is 3.21 Å². The molecule has 0 aromatic heterocycles. The monoisotopic (exact) mass is 636 g/mol. The largest absolute Gasteiger partial charge is 0.126 e. The maximum atomic E-state index is 2.24. The van der Waals surface area contributed by atoms with Gasteiger partial charge in [-0.25, -0.2) is 0 Å². The van der Waals surface area contributed by atoms with Gasteiger partial charge in [-0.1, -0.05) is 55.0 Å². The molecule has 0 spiro atoms. The summed E-state index contributed by atoms with van der Waals surface area (Å²) in [6.07, 6.45) is 0. The molecule has 0 saturated heterocycles. The van der Waals surface area contributed by atoms with Gasteiger partial charge in [0.2, 0.25) is 0 Å². The molecule has 3 heteroatoms. The first-order valence-electron chi connectivity index (χ1n) is 13.0. The minimum atomic E-state index is 0. The third kappa shape index (κ3) is 7.35. The summed E-state index contributed by atoms with van der Waals surface area (Å²) in [4.78, 5) is 0. The van der Waals surface area contributed by atoms with Crippen LogP contribution in [0.3, 0.4) is 0 Å². The molecule has 0 atom stereocenters. The molecule has 0 nitrogen and oxygen atoms in total. The minimum Gasteiger partial charge on any atom is -0.126 e. The molecular formula is C37H32Cl2Zr. The summed E-state index contributed by atoms with van der Waals surface area (Å²) >= 11 is 1.46. The van der Waals surface area contributed by atoms with E-state index < -0.39 is 0 Å². The maximum absolute atomic E-state index is 2.24. The Balaban J connectivity index is 0.000000162. The van der Waals surface area contributed by atoms with Crippen molar-refractivity contribution in [3.8, 4) is 0 Å². The third-order valence-electron chi connectivity index (χ3n) is 6.86. The van der Waals surface area contributed by atoms with Crippen LogP contribution >= 0.6 is 24.8 Å². The molecule has 0 heterocycles. The molecule has 0 bridgehead atoms. The molecule has 0 radical (unpaired) electrons. The molecular weight excluding hydrogens is 607 g/mol. The number of hydrogen-bond donors (Lipinski definition) is 0. The average Bonchev–Trinajstić information content (AvgIpc) is 3.55. The van der Waals surface area contributed by atoms with Crippen LogP contribution < -0.4 is 0 Å². The number of halogens is 2. The van der Waals surface area contributed by atoms with Gasteiger partial charge in [0.05, 0.1) is 0 Å². The van der Waals surface area contributed by atoms with E-state index in [1.807, 2.05) is 0 Å². The van der Waals surface area contributed by atoms with Crippen LogP contribution in [-0.2, 0) is 24.2 Å².